The van der Waals surface area contributed by atoms with Crippen molar-refractivity contribution in [3.63, 3.8) is 0 Å². The molecular weight excluding hydrogens is 196 g/mol. The van der Waals surface area contributed by atoms with E-state index in [0.29, 0.717) is 6.04 Å². The van der Waals surface area contributed by atoms with Crippen LogP contribution >= 0.6 is 0 Å². The maximum absolute atomic E-state index is 11.7. The monoisotopic (exact) mass is 210 g/mol. The zero-order valence-electron chi connectivity index (χ0n) is 8.88. The van der Waals surface area contributed by atoms with Gasteiger partial charge in [-0.1, -0.05) is 0 Å². The molecule has 1 aromatic rings. The third kappa shape index (κ3) is 1.93. The van der Waals surface area contributed by atoms with Crippen molar-refractivity contribution in [2.24, 2.45) is 7.05 Å². The maximum atomic E-state index is 11.7. The molecule has 0 spiro atoms. The van der Waals surface area contributed by atoms with Crippen molar-refractivity contribution in [2.45, 2.75) is 25.4 Å². The molecule has 82 valence electrons. The highest BCUT2D eigenvalue weighted by Crippen LogP contribution is 2.25. The van der Waals surface area contributed by atoms with Crippen LogP contribution < -0.4 is 5.69 Å². The van der Waals surface area contributed by atoms with Crippen molar-refractivity contribution >= 4 is 5.91 Å². The number of carbonyl (C=O) groups excluding carboxylic acids is 1. The normalized spacial score (nSPS) is 15.3. The number of aromatic nitrogens is 3. The van der Waals surface area contributed by atoms with Crippen molar-refractivity contribution in [1.82, 2.24) is 19.2 Å². The third-order valence-electron chi connectivity index (χ3n) is 2.66. The van der Waals surface area contributed by atoms with Gasteiger partial charge in [0, 0.05) is 20.1 Å². The average molecular weight is 210 g/mol. The molecule has 0 N–H and O–H groups in total. The molecule has 15 heavy (non-hydrogen) atoms. The quantitative estimate of drug-likeness (QED) is 0.656. The highest BCUT2D eigenvalue weighted by Gasteiger charge is 2.29. The molecule has 1 fully saturated rings. The van der Waals surface area contributed by atoms with Crippen LogP contribution in [-0.4, -0.2) is 38.2 Å². The Morgan fingerprint density at radius 2 is 2.33 bits per heavy atom. The van der Waals surface area contributed by atoms with E-state index in [4.69, 9.17) is 0 Å². The van der Waals surface area contributed by atoms with Crippen LogP contribution in [0.5, 0.6) is 0 Å². The van der Waals surface area contributed by atoms with Crippen LogP contribution in [-0.2, 0) is 18.4 Å². The third-order valence-corrected chi connectivity index (χ3v) is 2.66. The minimum absolute atomic E-state index is 0.0344. The molecule has 0 saturated heterocycles. The van der Waals surface area contributed by atoms with Crippen LogP contribution in [0.2, 0.25) is 0 Å². The highest BCUT2D eigenvalue weighted by molar-refractivity contribution is 5.76. The van der Waals surface area contributed by atoms with Crippen molar-refractivity contribution in [3.05, 3.63) is 16.8 Å². The summed E-state index contributed by atoms with van der Waals surface area (Å²) in [4.78, 5) is 24.8. The topological polar surface area (TPSA) is 60.1 Å². The van der Waals surface area contributed by atoms with Gasteiger partial charge >= 0.3 is 5.69 Å². The molecule has 6 nitrogen and oxygen atoms in total. The minimum Gasteiger partial charge on any atom is -0.341 e. The molecule has 0 aromatic carbocycles. The molecule has 1 amide bonds. The van der Waals surface area contributed by atoms with Crippen LogP contribution in [0, 0.1) is 0 Å². The second-order valence-electron chi connectivity index (χ2n) is 3.92. The fourth-order valence-electron chi connectivity index (χ4n) is 1.43. The van der Waals surface area contributed by atoms with Crippen LogP contribution in [0.4, 0.5) is 0 Å². The van der Waals surface area contributed by atoms with Gasteiger partial charge in [0.25, 0.3) is 0 Å². The number of carbonyl (C=O) groups is 1. The van der Waals surface area contributed by atoms with E-state index in [2.05, 4.69) is 5.10 Å². The lowest BCUT2D eigenvalue weighted by Gasteiger charge is -2.15. The van der Waals surface area contributed by atoms with Gasteiger partial charge in [-0.15, -0.1) is 0 Å². The Morgan fingerprint density at radius 1 is 1.67 bits per heavy atom. The number of amides is 1. The molecule has 0 aliphatic heterocycles. The molecule has 0 radical (unpaired) electrons. The smallest absolute Gasteiger partial charge is 0.341 e. The van der Waals surface area contributed by atoms with E-state index in [1.807, 2.05) is 0 Å². The van der Waals surface area contributed by atoms with Crippen LogP contribution in [0.3, 0.4) is 0 Å². The summed E-state index contributed by atoms with van der Waals surface area (Å²) in [6, 6.07) is 0.372. The first-order chi connectivity index (χ1) is 7.09. The summed E-state index contributed by atoms with van der Waals surface area (Å²) >= 11 is 0. The lowest BCUT2D eigenvalue weighted by molar-refractivity contribution is -0.131. The fraction of sp³-hybridized carbons (Fsp3) is 0.667. The molecule has 1 aromatic heterocycles. The number of rotatable bonds is 3. The molecule has 1 heterocycles. The summed E-state index contributed by atoms with van der Waals surface area (Å²) in [5.74, 6) is -0.0571. The van der Waals surface area contributed by atoms with Gasteiger partial charge in [0.05, 0.1) is 0 Å². The first-order valence-electron chi connectivity index (χ1n) is 4.93. The second-order valence-corrected chi connectivity index (χ2v) is 3.92. The van der Waals surface area contributed by atoms with Gasteiger partial charge < -0.3 is 4.90 Å². The molecule has 6 heteroatoms. The number of likely N-dealkylation sites (N-methyl/N-ethyl adjacent to an activating group) is 1. The van der Waals surface area contributed by atoms with Crippen LogP contribution in [0.1, 0.15) is 12.8 Å². The van der Waals surface area contributed by atoms with Gasteiger partial charge in [-0.3, -0.25) is 9.36 Å². The van der Waals surface area contributed by atoms with Crippen LogP contribution in [0.15, 0.2) is 11.1 Å². The van der Waals surface area contributed by atoms with Crippen molar-refractivity contribution < 1.29 is 4.79 Å². The molecule has 1 saturated carbocycles. The van der Waals surface area contributed by atoms with E-state index in [1.54, 1.807) is 19.0 Å². The van der Waals surface area contributed by atoms with Gasteiger partial charge in [-0.2, -0.15) is 5.10 Å². The molecule has 2 rings (SSSR count). The van der Waals surface area contributed by atoms with E-state index >= 15 is 0 Å². The Morgan fingerprint density at radius 3 is 2.80 bits per heavy atom. The SMILES string of the molecule is CN(C(=O)Cn1ncn(C)c1=O)C1CC1. The van der Waals surface area contributed by atoms with E-state index in [0.717, 1.165) is 12.8 Å². The molecule has 1 aliphatic rings. The first kappa shape index (κ1) is 9.95. The standard InChI is InChI=1S/C9H14N4O2/c1-11-6-10-13(9(11)15)5-8(14)12(2)7-3-4-7/h6-7H,3-5H2,1-2H3. The summed E-state index contributed by atoms with van der Waals surface area (Å²) < 4.78 is 2.53. The van der Waals surface area contributed by atoms with E-state index in [1.165, 1.54) is 15.6 Å². The number of nitrogens with zero attached hydrogens (tertiary/aromatic N) is 4. The molecule has 0 unspecified atom stereocenters. The predicted octanol–water partition coefficient (Wildman–Crippen LogP) is -0.797. The predicted molar refractivity (Wildman–Crippen MR) is 53.3 cm³/mol. The van der Waals surface area contributed by atoms with Gasteiger partial charge in [-0.25, -0.2) is 9.48 Å². The largest absolute Gasteiger partial charge is 0.345 e. The summed E-state index contributed by atoms with van der Waals surface area (Å²) in [7, 11) is 3.38. The van der Waals surface area contributed by atoms with E-state index < -0.39 is 0 Å². The zero-order valence-corrected chi connectivity index (χ0v) is 8.88. The minimum atomic E-state index is -0.257. The summed E-state index contributed by atoms with van der Waals surface area (Å²) in [6.07, 6.45) is 3.55. The van der Waals surface area contributed by atoms with Crippen molar-refractivity contribution in [2.75, 3.05) is 7.05 Å². The average Bonchev–Trinajstić information content (AvgIpc) is 3.00. The summed E-state index contributed by atoms with van der Waals surface area (Å²) in [5.41, 5.74) is -0.257. The lowest BCUT2D eigenvalue weighted by atomic mass is 10.5. The number of hydrogen-bond donors (Lipinski definition) is 0. The number of hydrogen-bond acceptors (Lipinski definition) is 3. The van der Waals surface area contributed by atoms with Gasteiger partial charge in [0.2, 0.25) is 5.91 Å². The Labute approximate surface area is 87.1 Å². The van der Waals surface area contributed by atoms with Crippen molar-refractivity contribution in [1.29, 1.82) is 0 Å². The van der Waals surface area contributed by atoms with E-state index in [-0.39, 0.29) is 18.1 Å². The Kier molecular flexibility index (Phi) is 2.34. The fourth-order valence-corrected chi connectivity index (χ4v) is 1.43. The highest BCUT2D eigenvalue weighted by atomic mass is 16.2. The first-order valence-corrected chi connectivity index (χ1v) is 4.93. The molecular formula is C9H14N4O2. The van der Waals surface area contributed by atoms with Gasteiger partial charge in [0.1, 0.15) is 12.9 Å². The number of aryl methyl sites for hydroxylation is 1. The lowest BCUT2D eigenvalue weighted by Crippen LogP contribution is -2.35. The Bertz CT molecular complexity index is 430. The second kappa shape index (κ2) is 3.52. The van der Waals surface area contributed by atoms with Crippen LogP contribution in [0.25, 0.3) is 0 Å². The molecule has 1 aliphatic carbocycles. The van der Waals surface area contributed by atoms with Gasteiger partial charge in [-0.05, 0) is 12.8 Å². The Hall–Kier alpha value is -1.59. The van der Waals surface area contributed by atoms with Crippen molar-refractivity contribution in [3.8, 4) is 0 Å². The van der Waals surface area contributed by atoms with Gasteiger partial charge in [0.15, 0.2) is 0 Å². The molecule has 0 bridgehead atoms. The molecule has 0 atom stereocenters. The zero-order chi connectivity index (χ0) is 11.0. The Balaban J connectivity index is 2.05. The van der Waals surface area contributed by atoms with E-state index in [9.17, 15) is 9.59 Å². The summed E-state index contributed by atoms with van der Waals surface area (Å²) in [6.45, 7) is 0.0344. The summed E-state index contributed by atoms with van der Waals surface area (Å²) in [5, 5.41) is 3.84. The maximum Gasteiger partial charge on any atom is 0.345 e.